The summed E-state index contributed by atoms with van der Waals surface area (Å²) in [5.41, 5.74) is 0.670. The van der Waals surface area contributed by atoms with E-state index in [1.54, 1.807) is 31.5 Å². The predicted octanol–water partition coefficient (Wildman–Crippen LogP) is 5.48. The van der Waals surface area contributed by atoms with Gasteiger partial charge in [0.25, 0.3) is 0 Å². The first-order valence-corrected chi connectivity index (χ1v) is 7.48. The second kappa shape index (κ2) is 6.00. The Hall–Kier alpha value is -2.41. The fourth-order valence-electron chi connectivity index (χ4n) is 1.92. The van der Waals surface area contributed by atoms with Crippen molar-refractivity contribution in [3.63, 3.8) is 0 Å². The quantitative estimate of drug-likeness (QED) is 0.594. The standard InChI is InChI=1S/C16H11F3N2OS/c1-10-14(20-9-13-3-2-8-22-13)23-15(21-10)11-4-6-12(7-5-11)16(17,18)19/h2-9H,1H3. The van der Waals surface area contributed by atoms with Gasteiger partial charge in [-0.15, -0.1) is 0 Å². The van der Waals surface area contributed by atoms with Gasteiger partial charge in [-0.3, -0.25) is 0 Å². The summed E-state index contributed by atoms with van der Waals surface area (Å²) in [4.78, 5) is 8.67. The number of halogens is 3. The fourth-order valence-corrected chi connectivity index (χ4v) is 2.84. The zero-order valence-corrected chi connectivity index (χ0v) is 12.8. The van der Waals surface area contributed by atoms with Gasteiger partial charge in [0.2, 0.25) is 0 Å². The molecule has 0 aliphatic rings. The van der Waals surface area contributed by atoms with Gasteiger partial charge in [-0.05, 0) is 31.2 Å². The number of thiazole rings is 1. The van der Waals surface area contributed by atoms with Gasteiger partial charge in [-0.2, -0.15) is 13.2 Å². The molecule has 3 rings (SSSR count). The number of nitrogens with zero attached hydrogens (tertiary/aromatic N) is 2. The monoisotopic (exact) mass is 336 g/mol. The highest BCUT2D eigenvalue weighted by Gasteiger charge is 2.30. The van der Waals surface area contributed by atoms with Crippen LogP contribution in [0.3, 0.4) is 0 Å². The summed E-state index contributed by atoms with van der Waals surface area (Å²) < 4.78 is 42.9. The average Bonchev–Trinajstić information content (AvgIpc) is 3.14. The summed E-state index contributed by atoms with van der Waals surface area (Å²) in [6.45, 7) is 1.80. The Morgan fingerprint density at radius 3 is 2.52 bits per heavy atom. The lowest BCUT2D eigenvalue weighted by molar-refractivity contribution is -0.137. The summed E-state index contributed by atoms with van der Waals surface area (Å²) in [6.07, 6.45) is -1.21. The number of aryl methyl sites for hydroxylation is 1. The van der Waals surface area contributed by atoms with E-state index in [-0.39, 0.29) is 0 Å². The highest BCUT2D eigenvalue weighted by Crippen LogP contribution is 2.35. The number of alkyl halides is 3. The number of aromatic nitrogens is 1. The lowest BCUT2D eigenvalue weighted by Crippen LogP contribution is -2.03. The number of hydrogen-bond donors (Lipinski definition) is 0. The Kier molecular flexibility index (Phi) is 4.04. The number of hydrogen-bond acceptors (Lipinski definition) is 4. The van der Waals surface area contributed by atoms with Crippen molar-refractivity contribution in [1.82, 2.24) is 4.98 Å². The van der Waals surface area contributed by atoms with Crippen LogP contribution in [-0.2, 0) is 6.18 Å². The van der Waals surface area contributed by atoms with Crippen LogP contribution in [0.4, 0.5) is 18.2 Å². The number of aliphatic imine (C=N–C) groups is 1. The number of benzene rings is 1. The van der Waals surface area contributed by atoms with E-state index < -0.39 is 11.7 Å². The first kappa shape index (κ1) is 15.5. The summed E-state index contributed by atoms with van der Waals surface area (Å²) in [7, 11) is 0. The van der Waals surface area contributed by atoms with Gasteiger partial charge in [0.05, 0.1) is 23.7 Å². The molecule has 0 fully saturated rings. The lowest BCUT2D eigenvalue weighted by atomic mass is 10.1. The zero-order valence-electron chi connectivity index (χ0n) is 12.0. The van der Waals surface area contributed by atoms with Crippen molar-refractivity contribution in [3.05, 3.63) is 59.7 Å². The molecular weight excluding hydrogens is 325 g/mol. The molecule has 7 heteroatoms. The van der Waals surface area contributed by atoms with Crippen molar-refractivity contribution in [3.8, 4) is 10.6 Å². The van der Waals surface area contributed by atoms with Crippen LogP contribution in [0.15, 0.2) is 52.1 Å². The van der Waals surface area contributed by atoms with Crippen LogP contribution in [0, 0.1) is 6.92 Å². The summed E-state index contributed by atoms with van der Waals surface area (Å²) in [5.74, 6) is 0.619. The van der Waals surface area contributed by atoms with Crippen molar-refractivity contribution in [1.29, 1.82) is 0 Å². The van der Waals surface area contributed by atoms with Crippen LogP contribution in [0.2, 0.25) is 0 Å². The molecule has 2 aromatic heterocycles. The lowest BCUT2D eigenvalue weighted by Gasteiger charge is -2.06. The third-order valence-corrected chi connectivity index (χ3v) is 4.20. The van der Waals surface area contributed by atoms with Crippen molar-refractivity contribution in [2.75, 3.05) is 0 Å². The second-order valence-corrected chi connectivity index (χ2v) is 5.74. The highest BCUT2D eigenvalue weighted by atomic mass is 32.1. The SMILES string of the molecule is Cc1nc(-c2ccc(C(F)(F)F)cc2)sc1N=Cc1ccco1. The Morgan fingerprint density at radius 1 is 1.17 bits per heavy atom. The van der Waals surface area contributed by atoms with Gasteiger partial charge >= 0.3 is 6.18 Å². The van der Waals surface area contributed by atoms with E-state index >= 15 is 0 Å². The molecule has 0 atom stereocenters. The third-order valence-electron chi connectivity index (χ3n) is 3.08. The van der Waals surface area contributed by atoms with E-state index in [1.807, 2.05) is 0 Å². The Labute approximate surface area is 134 Å². The Bertz CT molecular complexity index is 818. The average molecular weight is 336 g/mol. The molecule has 23 heavy (non-hydrogen) atoms. The van der Waals surface area contributed by atoms with E-state index in [1.165, 1.54) is 23.5 Å². The maximum Gasteiger partial charge on any atom is 0.416 e. The fraction of sp³-hybridized carbons (Fsp3) is 0.125. The second-order valence-electron chi connectivity index (χ2n) is 4.76. The van der Waals surface area contributed by atoms with Gasteiger partial charge in [0.15, 0.2) is 0 Å². The van der Waals surface area contributed by atoms with E-state index in [2.05, 4.69) is 9.98 Å². The minimum Gasteiger partial charge on any atom is -0.463 e. The normalized spacial score (nSPS) is 12.2. The molecule has 2 heterocycles. The summed E-state index contributed by atoms with van der Waals surface area (Å²) in [5, 5.41) is 1.32. The minimum absolute atomic E-state index is 0.619. The smallest absolute Gasteiger partial charge is 0.416 e. The van der Waals surface area contributed by atoms with Crippen molar-refractivity contribution < 1.29 is 17.6 Å². The molecule has 0 spiro atoms. The van der Waals surface area contributed by atoms with Crippen molar-refractivity contribution in [2.45, 2.75) is 13.1 Å². The first-order valence-electron chi connectivity index (χ1n) is 6.66. The van der Waals surface area contributed by atoms with E-state index in [4.69, 9.17) is 4.42 Å². The molecule has 0 aliphatic heterocycles. The topological polar surface area (TPSA) is 38.4 Å². The molecule has 0 saturated heterocycles. The van der Waals surface area contributed by atoms with E-state index in [0.717, 1.165) is 12.1 Å². The van der Waals surface area contributed by atoms with Crippen LogP contribution in [0.1, 0.15) is 17.0 Å². The van der Waals surface area contributed by atoms with Gasteiger partial charge in [0.1, 0.15) is 15.8 Å². The molecule has 0 amide bonds. The van der Waals surface area contributed by atoms with E-state index in [0.29, 0.717) is 27.0 Å². The van der Waals surface area contributed by atoms with Crippen LogP contribution >= 0.6 is 11.3 Å². The van der Waals surface area contributed by atoms with Crippen LogP contribution in [0.25, 0.3) is 10.6 Å². The van der Waals surface area contributed by atoms with Crippen LogP contribution in [-0.4, -0.2) is 11.2 Å². The molecule has 0 N–H and O–H groups in total. The largest absolute Gasteiger partial charge is 0.463 e. The van der Waals surface area contributed by atoms with E-state index in [9.17, 15) is 13.2 Å². The minimum atomic E-state index is -4.34. The van der Waals surface area contributed by atoms with Crippen molar-refractivity contribution in [2.24, 2.45) is 4.99 Å². The Morgan fingerprint density at radius 2 is 1.91 bits per heavy atom. The zero-order chi connectivity index (χ0) is 16.4. The maximum atomic E-state index is 12.6. The van der Waals surface area contributed by atoms with Gasteiger partial charge in [-0.1, -0.05) is 23.5 Å². The van der Waals surface area contributed by atoms with Crippen LogP contribution < -0.4 is 0 Å². The third kappa shape index (κ3) is 3.50. The molecule has 3 aromatic rings. The predicted molar refractivity (Wildman–Crippen MR) is 83.3 cm³/mol. The van der Waals surface area contributed by atoms with Crippen LogP contribution in [0.5, 0.6) is 0 Å². The molecule has 0 saturated carbocycles. The number of furan rings is 1. The summed E-state index contributed by atoms with van der Waals surface area (Å²) >= 11 is 1.32. The molecule has 0 aliphatic carbocycles. The maximum absolute atomic E-state index is 12.6. The van der Waals surface area contributed by atoms with Gasteiger partial charge in [-0.25, -0.2) is 9.98 Å². The molecule has 0 radical (unpaired) electrons. The van der Waals surface area contributed by atoms with Gasteiger partial charge in [0, 0.05) is 5.56 Å². The molecular formula is C16H11F3N2OS. The molecule has 1 aromatic carbocycles. The molecule has 0 unspecified atom stereocenters. The van der Waals surface area contributed by atoms with Gasteiger partial charge < -0.3 is 4.42 Å². The first-order chi connectivity index (χ1) is 10.9. The molecule has 118 valence electrons. The van der Waals surface area contributed by atoms with Crippen molar-refractivity contribution >= 4 is 22.6 Å². The molecule has 3 nitrogen and oxygen atoms in total. The molecule has 0 bridgehead atoms. The number of rotatable bonds is 3. The Balaban J connectivity index is 1.85. The highest BCUT2D eigenvalue weighted by molar-refractivity contribution is 7.18. The summed E-state index contributed by atoms with van der Waals surface area (Å²) in [6, 6.07) is 8.48.